The van der Waals surface area contributed by atoms with Crippen molar-refractivity contribution in [1.82, 2.24) is 10.1 Å². The molecular weight excluding hydrogens is 328 g/mol. The van der Waals surface area contributed by atoms with E-state index in [1.54, 1.807) is 43.5 Å². The fourth-order valence-corrected chi connectivity index (χ4v) is 2.29. The summed E-state index contributed by atoms with van der Waals surface area (Å²) in [5, 5.41) is 10.3. The van der Waals surface area contributed by atoms with Gasteiger partial charge < -0.3 is 15.2 Å². The van der Waals surface area contributed by atoms with Crippen molar-refractivity contribution >= 4 is 34.7 Å². The lowest BCUT2D eigenvalue weighted by atomic mass is 10.2. The summed E-state index contributed by atoms with van der Waals surface area (Å²) in [5.74, 6) is 0.942. The van der Waals surface area contributed by atoms with Crippen LogP contribution in [0.4, 0.5) is 17.2 Å². The summed E-state index contributed by atoms with van der Waals surface area (Å²) in [5.41, 5.74) is 2.53. The number of aromatic nitrogens is 2. The van der Waals surface area contributed by atoms with Crippen LogP contribution in [0, 0.1) is 13.8 Å². The van der Waals surface area contributed by atoms with Crippen LogP contribution in [0.15, 0.2) is 47.1 Å². The van der Waals surface area contributed by atoms with Crippen molar-refractivity contribution in [1.29, 1.82) is 0 Å². The van der Waals surface area contributed by atoms with Crippen LogP contribution in [-0.2, 0) is 0 Å². The van der Waals surface area contributed by atoms with Gasteiger partial charge in [-0.2, -0.15) is 0 Å². The Morgan fingerprint density at radius 1 is 1.17 bits per heavy atom. The number of rotatable bonds is 4. The standard InChI is InChI=1S/C17H15ClN4O2/c1-10-3-4-12(18)8-14(10)21-17(23)15-9-13(5-6-19-15)20-16-7-11(2)24-22-16/h3-9H,1-2H3,(H,21,23)(H,19,20,22). The molecule has 3 aromatic rings. The van der Waals surface area contributed by atoms with Gasteiger partial charge in [0.1, 0.15) is 11.5 Å². The van der Waals surface area contributed by atoms with Gasteiger partial charge in [-0.3, -0.25) is 9.78 Å². The monoisotopic (exact) mass is 342 g/mol. The van der Waals surface area contributed by atoms with Gasteiger partial charge in [0.05, 0.1) is 0 Å². The van der Waals surface area contributed by atoms with Crippen LogP contribution in [0.1, 0.15) is 21.8 Å². The molecule has 0 saturated carbocycles. The van der Waals surface area contributed by atoms with E-state index in [2.05, 4.69) is 20.8 Å². The third-order valence-electron chi connectivity index (χ3n) is 3.34. The van der Waals surface area contributed by atoms with Crippen molar-refractivity contribution in [2.45, 2.75) is 13.8 Å². The van der Waals surface area contributed by atoms with Gasteiger partial charge in [-0.1, -0.05) is 22.8 Å². The molecule has 1 amide bonds. The summed E-state index contributed by atoms with van der Waals surface area (Å²) in [4.78, 5) is 16.5. The van der Waals surface area contributed by atoms with Crippen molar-refractivity contribution in [3.05, 3.63) is 64.6 Å². The maximum Gasteiger partial charge on any atom is 0.274 e. The van der Waals surface area contributed by atoms with Gasteiger partial charge in [-0.25, -0.2) is 0 Å². The van der Waals surface area contributed by atoms with Gasteiger partial charge in [-0.15, -0.1) is 0 Å². The summed E-state index contributed by atoms with van der Waals surface area (Å²) in [6.45, 7) is 3.70. The van der Waals surface area contributed by atoms with Crippen LogP contribution < -0.4 is 10.6 Å². The van der Waals surface area contributed by atoms with E-state index in [0.717, 1.165) is 5.56 Å². The Morgan fingerprint density at radius 3 is 2.75 bits per heavy atom. The van der Waals surface area contributed by atoms with Crippen molar-refractivity contribution < 1.29 is 9.32 Å². The first-order valence-electron chi connectivity index (χ1n) is 7.25. The Kier molecular flexibility index (Phi) is 4.48. The lowest BCUT2D eigenvalue weighted by molar-refractivity contribution is 0.102. The van der Waals surface area contributed by atoms with E-state index in [-0.39, 0.29) is 11.6 Å². The Morgan fingerprint density at radius 2 is 2.00 bits per heavy atom. The topological polar surface area (TPSA) is 80.0 Å². The molecule has 0 bridgehead atoms. The third-order valence-corrected chi connectivity index (χ3v) is 3.58. The summed E-state index contributed by atoms with van der Waals surface area (Å²) >= 11 is 5.97. The first-order valence-corrected chi connectivity index (χ1v) is 7.63. The van der Waals surface area contributed by atoms with Crippen LogP contribution in [-0.4, -0.2) is 16.0 Å². The molecule has 2 N–H and O–H groups in total. The van der Waals surface area contributed by atoms with E-state index < -0.39 is 0 Å². The van der Waals surface area contributed by atoms with E-state index in [0.29, 0.717) is 28.0 Å². The molecule has 0 aliphatic carbocycles. The predicted octanol–water partition coefficient (Wildman–Crippen LogP) is 4.34. The number of aryl methyl sites for hydroxylation is 2. The number of nitrogens with zero attached hydrogens (tertiary/aromatic N) is 2. The number of hydrogen-bond donors (Lipinski definition) is 2. The van der Waals surface area contributed by atoms with Crippen LogP contribution in [0.5, 0.6) is 0 Å². The molecule has 1 aromatic carbocycles. The molecule has 7 heteroatoms. The lowest BCUT2D eigenvalue weighted by Crippen LogP contribution is -2.14. The normalized spacial score (nSPS) is 10.5. The zero-order valence-corrected chi connectivity index (χ0v) is 13.9. The molecule has 0 radical (unpaired) electrons. The number of pyridine rings is 1. The highest BCUT2D eigenvalue weighted by atomic mass is 35.5. The predicted molar refractivity (Wildman–Crippen MR) is 92.9 cm³/mol. The highest BCUT2D eigenvalue weighted by molar-refractivity contribution is 6.31. The molecule has 0 atom stereocenters. The molecule has 0 aliphatic rings. The first-order chi connectivity index (χ1) is 11.5. The summed E-state index contributed by atoms with van der Waals surface area (Å²) in [6, 6.07) is 10.5. The number of amides is 1. The second-order valence-corrected chi connectivity index (χ2v) is 5.73. The third kappa shape index (κ3) is 3.72. The molecule has 2 heterocycles. The van der Waals surface area contributed by atoms with Gasteiger partial charge in [0.15, 0.2) is 5.82 Å². The van der Waals surface area contributed by atoms with E-state index in [1.165, 1.54) is 0 Å². The Hall–Kier alpha value is -2.86. The average molecular weight is 343 g/mol. The van der Waals surface area contributed by atoms with E-state index in [1.807, 2.05) is 13.0 Å². The summed E-state index contributed by atoms with van der Waals surface area (Å²) < 4.78 is 5.00. The molecule has 122 valence electrons. The molecule has 2 aromatic heterocycles. The number of carbonyl (C=O) groups is 1. The zero-order valence-electron chi connectivity index (χ0n) is 13.1. The Labute approximate surface area is 143 Å². The molecular formula is C17H15ClN4O2. The SMILES string of the molecule is Cc1cc(Nc2ccnc(C(=O)Nc3cc(Cl)ccc3C)c2)no1. The summed E-state index contributed by atoms with van der Waals surface area (Å²) in [6.07, 6.45) is 1.55. The molecule has 3 rings (SSSR count). The second-order valence-electron chi connectivity index (χ2n) is 5.29. The van der Waals surface area contributed by atoms with Gasteiger partial charge in [0, 0.05) is 28.7 Å². The van der Waals surface area contributed by atoms with Crippen LogP contribution in [0.25, 0.3) is 0 Å². The molecule has 0 fully saturated rings. The van der Waals surface area contributed by atoms with Crippen LogP contribution in [0.2, 0.25) is 5.02 Å². The molecule has 0 spiro atoms. The quantitative estimate of drug-likeness (QED) is 0.737. The lowest BCUT2D eigenvalue weighted by Gasteiger charge is -2.09. The number of anilines is 3. The fourth-order valence-electron chi connectivity index (χ4n) is 2.12. The van der Waals surface area contributed by atoms with Crippen molar-refractivity contribution in [3.63, 3.8) is 0 Å². The largest absolute Gasteiger partial charge is 0.360 e. The molecule has 24 heavy (non-hydrogen) atoms. The minimum absolute atomic E-state index is 0.277. The molecule has 0 saturated heterocycles. The maximum atomic E-state index is 12.4. The number of hydrogen-bond acceptors (Lipinski definition) is 5. The number of halogens is 1. The van der Waals surface area contributed by atoms with Crippen LogP contribution >= 0.6 is 11.6 Å². The maximum absolute atomic E-state index is 12.4. The van der Waals surface area contributed by atoms with E-state index in [4.69, 9.17) is 16.1 Å². The van der Waals surface area contributed by atoms with Gasteiger partial charge in [0.2, 0.25) is 0 Å². The molecule has 6 nitrogen and oxygen atoms in total. The first kappa shape index (κ1) is 16.0. The van der Waals surface area contributed by atoms with Crippen molar-refractivity contribution in [2.24, 2.45) is 0 Å². The van der Waals surface area contributed by atoms with Gasteiger partial charge >= 0.3 is 0 Å². The number of benzene rings is 1. The minimum atomic E-state index is -0.319. The van der Waals surface area contributed by atoms with Gasteiger partial charge in [-0.05, 0) is 43.7 Å². The Bertz CT molecular complexity index is 892. The smallest absolute Gasteiger partial charge is 0.274 e. The highest BCUT2D eigenvalue weighted by Crippen LogP contribution is 2.21. The Balaban J connectivity index is 1.77. The van der Waals surface area contributed by atoms with Gasteiger partial charge in [0.25, 0.3) is 5.91 Å². The van der Waals surface area contributed by atoms with Crippen LogP contribution in [0.3, 0.4) is 0 Å². The van der Waals surface area contributed by atoms with Crippen molar-refractivity contribution in [2.75, 3.05) is 10.6 Å². The second kappa shape index (κ2) is 6.72. The fraction of sp³-hybridized carbons (Fsp3) is 0.118. The molecule has 0 aliphatic heterocycles. The zero-order chi connectivity index (χ0) is 17.1. The van der Waals surface area contributed by atoms with E-state index >= 15 is 0 Å². The minimum Gasteiger partial charge on any atom is -0.360 e. The molecule has 0 unspecified atom stereocenters. The number of nitrogens with one attached hydrogen (secondary N) is 2. The summed E-state index contributed by atoms with van der Waals surface area (Å²) in [7, 11) is 0. The number of carbonyl (C=O) groups excluding carboxylic acids is 1. The average Bonchev–Trinajstić information content (AvgIpc) is 2.96. The van der Waals surface area contributed by atoms with E-state index in [9.17, 15) is 4.79 Å². The van der Waals surface area contributed by atoms with Crippen molar-refractivity contribution in [3.8, 4) is 0 Å². The highest BCUT2D eigenvalue weighted by Gasteiger charge is 2.11.